The van der Waals surface area contributed by atoms with Crippen LogP contribution in [-0.2, 0) is 55.9 Å². The molecule has 0 aromatic carbocycles. The Morgan fingerprint density at radius 3 is 1.73 bits per heavy atom. The Morgan fingerprint density at radius 2 is 1.18 bits per heavy atom. The maximum Gasteiger partial charge on any atom is 0.351 e. The van der Waals surface area contributed by atoms with Gasteiger partial charge in [0.15, 0.2) is 22.9 Å². The molecule has 8 heterocycles. The summed E-state index contributed by atoms with van der Waals surface area (Å²) in [6, 6.07) is 0. The minimum atomic E-state index is -4.17. The van der Waals surface area contributed by atoms with E-state index >= 15 is 0 Å². The van der Waals surface area contributed by atoms with Gasteiger partial charge in [-0.1, -0.05) is 27.7 Å². The van der Waals surface area contributed by atoms with E-state index in [0.717, 1.165) is 0 Å². The summed E-state index contributed by atoms with van der Waals surface area (Å²) in [5.74, 6) is -1.12. The molecular formula is C34H47N13O11P2S2. The molecular weight excluding hydrogens is 893 g/mol. The van der Waals surface area contributed by atoms with E-state index < -0.39 is 92.9 Å². The van der Waals surface area contributed by atoms with Gasteiger partial charge in [0.05, 0.1) is 38.1 Å². The van der Waals surface area contributed by atoms with Gasteiger partial charge >= 0.3 is 19.1 Å². The van der Waals surface area contributed by atoms with Crippen molar-refractivity contribution in [2.24, 2.45) is 17.8 Å². The van der Waals surface area contributed by atoms with Gasteiger partial charge in [-0.2, -0.15) is 4.98 Å². The molecule has 3 fully saturated rings. The minimum Gasteiger partial charge on any atom is -0.390 e. The Bertz CT molecular complexity index is 2620. The Labute approximate surface area is 363 Å². The first-order valence-corrected chi connectivity index (χ1v) is 24.7. The third-order valence-electron chi connectivity index (χ3n) is 11.5. The number of aryl methyl sites for hydroxylation is 1. The predicted octanol–water partition coefficient (Wildman–Crippen LogP) is 1.59. The van der Waals surface area contributed by atoms with E-state index in [9.17, 15) is 19.7 Å². The molecule has 9 N–H and O–H groups in total. The van der Waals surface area contributed by atoms with Gasteiger partial charge in [-0.3, -0.25) is 13.7 Å². The van der Waals surface area contributed by atoms with Crippen LogP contribution in [0.4, 0.5) is 17.5 Å². The molecule has 14 atom stereocenters. The fourth-order valence-electron chi connectivity index (χ4n) is 8.12. The number of rotatable bonds is 14. The van der Waals surface area contributed by atoms with E-state index in [1.54, 1.807) is 36.2 Å². The Kier molecular flexibility index (Phi) is 12.6. The highest BCUT2D eigenvalue weighted by molar-refractivity contribution is 8.07. The average molecular weight is 940 g/mol. The van der Waals surface area contributed by atoms with Crippen LogP contribution in [0.2, 0.25) is 0 Å². The van der Waals surface area contributed by atoms with Crippen molar-refractivity contribution in [2.45, 2.75) is 96.3 Å². The maximum absolute atomic E-state index is 13.1. The molecule has 3 aliphatic rings. The van der Waals surface area contributed by atoms with E-state index in [1.807, 2.05) is 13.8 Å². The fraction of sp³-hybridized carbons (Fsp3) is 0.588. The summed E-state index contributed by atoms with van der Waals surface area (Å²) in [6.45, 7) is -0.0891. The fourth-order valence-corrected chi connectivity index (χ4v) is 11.1. The summed E-state index contributed by atoms with van der Waals surface area (Å²) in [4.78, 5) is 65.3. The lowest BCUT2D eigenvalue weighted by Crippen LogP contribution is -2.34. The van der Waals surface area contributed by atoms with Crippen LogP contribution in [0.5, 0.6) is 0 Å². The van der Waals surface area contributed by atoms with Crippen molar-refractivity contribution in [3.8, 4) is 0 Å². The molecule has 0 spiro atoms. The normalized spacial score (nSPS) is 32.1. The third-order valence-corrected chi connectivity index (χ3v) is 14.6. The van der Waals surface area contributed by atoms with Gasteiger partial charge < -0.3 is 64.4 Å². The standard InChI is InChI=1S/C34H47N13O11P2S2/c1-6-18-24(16(4)33(54-18)47-13-43-22-28(37)39-11-41-30(22)47)57-60(51,62)53-9-20-25(17(5)32(56-20)45-7-14(2)26(35)44-34(45)49)58-59(50,61)52-8-19-23(48)15(3)31(55-19)46-12-42-21-27(36)38-10-40-29(21)46/h7,10-13,15-20,23-25,31-33,48H,6,8-9H2,1-5H3,(H,50,61)(H,51,62)(H2,35,44,49)(H2,36,38,40)(H2,37,39,41)/t15?,16?,17?,18-,19-,20-,23-,24-,25-,31-,32-,33-,59?,60?/m1/s1. The van der Waals surface area contributed by atoms with Gasteiger partial charge in [-0.15, -0.1) is 0 Å². The van der Waals surface area contributed by atoms with E-state index in [0.29, 0.717) is 34.3 Å². The van der Waals surface area contributed by atoms with Crippen molar-refractivity contribution in [1.82, 2.24) is 48.6 Å². The topological polar surface area (TPSA) is 325 Å². The summed E-state index contributed by atoms with van der Waals surface area (Å²) in [6.07, 6.45) is -0.152. The Balaban J connectivity index is 0.973. The number of ether oxygens (including phenoxy) is 3. The minimum absolute atomic E-state index is 0.0461. The third kappa shape index (κ3) is 8.50. The maximum atomic E-state index is 13.1. The zero-order valence-electron chi connectivity index (χ0n) is 34.0. The van der Waals surface area contributed by atoms with Gasteiger partial charge in [0.1, 0.15) is 72.6 Å². The van der Waals surface area contributed by atoms with Crippen LogP contribution in [0.3, 0.4) is 0 Å². The zero-order chi connectivity index (χ0) is 44.4. The SMILES string of the molecule is CC[C@H]1O[C@@H](n2cnc3c(N)ncnc32)C(C)[C@H]1OP(O)(=S)OC[C@H]1O[C@@H](n2cc(C)c(N)nc2=O)C(C)[C@H]1OP(O)(=S)OC[C@H]1O[C@@H](n2cnc3c(N)ncnc32)C(C)[C@H]1O. The lowest BCUT2D eigenvalue weighted by Gasteiger charge is -2.29. The van der Waals surface area contributed by atoms with E-state index in [4.69, 9.17) is 73.1 Å². The summed E-state index contributed by atoms with van der Waals surface area (Å²) in [7, 11) is 0. The van der Waals surface area contributed by atoms with Crippen molar-refractivity contribution in [1.29, 1.82) is 0 Å². The molecule has 5 unspecified atom stereocenters. The highest BCUT2D eigenvalue weighted by atomic mass is 32.5. The number of nitrogens with two attached hydrogens (primary N) is 3. The second kappa shape index (κ2) is 17.3. The average Bonchev–Trinajstić information content (AvgIpc) is 4.04. The number of anilines is 3. The summed E-state index contributed by atoms with van der Waals surface area (Å²) < 4.78 is 47.5. The highest BCUT2D eigenvalue weighted by Crippen LogP contribution is 2.54. The number of nitrogens with zero attached hydrogens (tertiary/aromatic N) is 10. The molecule has 0 bridgehead atoms. The molecule has 24 nitrogen and oxygen atoms in total. The zero-order valence-corrected chi connectivity index (χ0v) is 37.4. The molecule has 0 saturated carbocycles. The molecule has 336 valence electrons. The van der Waals surface area contributed by atoms with Crippen LogP contribution in [0, 0.1) is 24.7 Å². The van der Waals surface area contributed by atoms with Crippen molar-refractivity contribution < 1.29 is 47.2 Å². The molecule has 0 radical (unpaired) electrons. The molecule has 5 aromatic heterocycles. The van der Waals surface area contributed by atoms with Crippen molar-refractivity contribution >= 4 is 76.8 Å². The first-order chi connectivity index (χ1) is 29.4. The van der Waals surface area contributed by atoms with Crippen molar-refractivity contribution in [2.75, 3.05) is 30.4 Å². The molecule has 3 aliphatic heterocycles. The summed E-state index contributed by atoms with van der Waals surface area (Å²) in [5, 5.41) is 11.2. The van der Waals surface area contributed by atoms with Crippen molar-refractivity contribution in [3.63, 3.8) is 0 Å². The van der Waals surface area contributed by atoms with Crippen LogP contribution in [0.1, 0.15) is 58.4 Å². The quantitative estimate of drug-likeness (QED) is 0.0861. The first kappa shape index (κ1) is 44.9. The molecule has 0 amide bonds. The summed E-state index contributed by atoms with van der Waals surface area (Å²) >= 11 is 11.0. The number of aliphatic hydroxyl groups is 1. The molecule has 0 aliphatic carbocycles. The van der Waals surface area contributed by atoms with Gasteiger partial charge in [-0.25, -0.2) is 34.7 Å². The monoisotopic (exact) mass is 939 g/mol. The molecule has 3 saturated heterocycles. The number of hydrogen-bond donors (Lipinski definition) is 6. The van der Waals surface area contributed by atoms with Crippen LogP contribution < -0.4 is 22.9 Å². The molecule has 8 rings (SSSR count). The number of aromatic nitrogens is 10. The second-order valence-corrected chi connectivity index (χ2v) is 21.1. The molecule has 62 heavy (non-hydrogen) atoms. The number of hydrogen-bond acceptors (Lipinski definition) is 21. The van der Waals surface area contributed by atoms with Gasteiger partial charge in [0.25, 0.3) is 0 Å². The van der Waals surface area contributed by atoms with Crippen LogP contribution in [0.25, 0.3) is 22.3 Å². The van der Waals surface area contributed by atoms with E-state index in [-0.39, 0.29) is 30.0 Å². The summed E-state index contributed by atoms with van der Waals surface area (Å²) in [5.41, 5.74) is 19.3. The number of imidazole rings is 2. The first-order valence-electron chi connectivity index (χ1n) is 19.5. The lowest BCUT2D eigenvalue weighted by atomic mass is 10.0. The number of aliphatic hydroxyl groups excluding tert-OH is 1. The smallest absolute Gasteiger partial charge is 0.351 e. The molecule has 5 aromatic rings. The van der Waals surface area contributed by atoms with E-state index in [2.05, 4.69) is 34.9 Å². The van der Waals surface area contributed by atoms with Crippen molar-refractivity contribution in [3.05, 3.63) is 47.6 Å². The van der Waals surface area contributed by atoms with Gasteiger partial charge in [-0.05, 0) is 37.0 Å². The van der Waals surface area contributed by atoms with E-state index in [1.165, 1.54) is 29.7 Å². The highest BCUT2D eigenvalue weighted by Gasteiger charge is 2.50. The number of fused-ring (bicyclic) bond motifs is 2. The molecule has 28 heteroatoms. The Hall–Kier alpha value is -3.72. The van der Waals surface area contributed by atoms with Crippen LogP contribution in [-0.4, -0.2) is 113 Å². The Morgan fingerprint density at radius 1 is 0.710 bits per heavy atom. The van der Waals surface area contributed by atoms with Crippen LogP contribution >= 0.6 is 13.4 Å². The number of nitrogen functional groups attached to an aromatic ring is 3. The second-order valence-electron chi connectivity index (χ2n) is 15.5. The lowest BCUT2D eigenvalue weighted by molar-refractivity contribution is -0.0531. The largest absolute Gasteiger partial charge is 0.390 e. The van der Waals surface area contributed by atoms with Gasteiger partial charge in [0, 0.05) is 29.5 Å². The van der Waals surface area contributed by atoms with Crippen LogP contribution in [0.15, 0.2) is 36.3 Å². The van der Waals surface area contributed by atoms with Gasteiger partial charge in [0.2, 0.25) is 0 Å². The predicted molar refractivity (Wildman–Crippen MR) is 227 cm³/mol.